The van der Waals surface area contributed by atoms with Gasteiger partial charge in [-0.05, 0) is 43.2 Å². The third kappa shape index (κ3) is 4.17. The molecule has 3 nitrogen and oxygen atoms in total. The molecular formula is C20H24F2O3. The Labute approximate surface area is 146 Å². The zero-order valence-electron chi connectivity index (χ0n) is 14.7. The predicted molar refractivity (Wildman–Crippen MR) is 92.8 cm³/mol. The normalized spacial score (nSPS) is 27.8. The molecule has 0 aromatic heterocycles. The van der Waals surface area contributed by atoms with E-state index in [0.29, 0.717) is 6.42 Å². The highest BCUT2D eigenvalue weighted by Gasteiger charge is 2.44. The molecule has 0 amide bonds. The van der Waals surface area contributed by atoms with E-state index in [-0.39, 0.29) is 0 Å². The van der Waals surface area contributed by atoms with Crippen molar-refractivity contribution in [2.24, 2.45) is 0 Å². The molecule has 0 saturated carbocycles. The second-order valence-corrected chi connectivity index (χ2v) is 7.53. The lowest BCUT2D eigenvalue weighted by Gasteiger charge is -2.41. The van der Waals surface area contributed by atoms with E-state index < -0.39 is 36.4 Å². The third-order valence-corrected chi connectivity index (χ3v) is 4.38. The molecule has 4 atom stereocenters. The molecule has 0 unspecified atom stereocenters. The van der Waals surface area contributed by atoms with Crippen LogP contribution in [0, 0.1) is 0 Å². The van der Waals surface area contributed by atoms with Gasteiger partial charge < -0.3 is 14.6 Å². The van der Waals surface area contributed by atoms with Gasteiger partial charge in [-0.25, -0.2) is 8.78 Å². The van der Waals surface area contributed by atoms with E-state index in [1.165, 1.54) is 0 Å². The largest absolute Gasteiger partial charge is 0.387 e. The van der Waals surface area contributed by atoms with E-state index in [1.807, 2.05) is 63.2 Å². The minimum absolute atomic E-state index is 0.333. The molecule has 25 heavy (non-hydrogen) atoms. The van der Waals surface area contributed by atoms with Gasteiger partial charge in [0.05, 0.1) is 17.8 Å². The molecule has 1 N–H and O–H groups in total. The molecule has 1 saturated heterocycles. The van der Waals surface area contributed by atoms with E-state index in [0.717, 1.165) is 16.3 Å². The van der Waals surface area contributed by atoms with Crippen LogP contribution in [-0.2, 0) is 9.47 Å². The Balaban J connectivity index is 1.90. The molecular weight excluding hydrogens is 326 g/mol. The first-order valence-corrected chi connectivity index (χ1v) is 8.53. The number of alkyl halides is 2. The molecule has 1 fully saturated rings. The highest BCUT2D eigenvalue weighted by Crippen LogP contribution is 2.37. The predicted octanol–water partition coefficient (Wildman–Crippen LogP) is 4.48. The molecule has 1 heterocycles. The van der Waals surface area contributed by atoms with Crippen LogP contribution in [0.2, 0.25) is 0 Å². The summed E-state index contributed by atoms with van der Waals surface area (Å²) >= 11 is 0. The zero-order valence-corrected chi connectivity index (χ0v) is 14.7. The fourth-order valence-electron chi connectivity index (χ4n) is 3.29. The number of hydrogen-bond acceptors (Lipinski definition) is 3. The van der Waals surface area contributed by atoms with E-state index in [1.54, 1.807) is 0 Å². The highest BCUT2D eigenvalue weighted by atomic mass is 19.3. The van der Waals surface area contributed by atoms with Gasteiger partial charge in [-0.3, -0.25) is 0 Å². The van der Waals surface area contributed by atoms with Gasteiger partial charge in [-0.1, -0.05) is 36.4 Å². The molecule has 5 heteroatoms. The third-order valence-electron chi connectivity index (χ3n) is 4.38. The second-order valence-electron chi connectivity index (χ2n) is 7.53. The first-order valence-electron chi connectivity index (χ1n) is 8.53. The second kappa shape index (κ2) is 6.98. The lowest BCUT2D eigenvalue weighted by molar-refractivity contribution is -0.237. The standard InChI is InChI=1S/C20H24F2O3/c1-20(2,3)25-16-11-15(24-18(17(16)23)19(21)22)14-9-8-12-6-4-5-7-13(12)10-14/h4-10,15-19,23H,11H2,1-3H3/t15-,16-,17+,18+/m0/s1. The van der Waals surface area contributed by atoms with Crippen molar-refractivity contribution in [3.05, 3.63) is 48.0 Å². The molecule has 1 aliphatic rings. The maximum Gasteiger partial charge on any atom is 0.267 e. The Morgan fingerprint density at radius 1 is 1.12 bits per heavy atom. The van der Waals surface area contributed by atoms with Crippen LogP contribution in [-0.4, -0.2) is 35.4 Å². The van der Waals surface area contributed by atoms with Crippen molar-refractivity contribution in [1.29, 1.82) is 0 Å². The summed E-state index contributed by atoms with van der Waals surface area (Å²) < 4.78 is 38.2. The van der Waals surface area contributed by atoms with Crippen molar-refractivity contribution in [1.82, 2.24) is 0 Å². The van der Waals surface area contributed by atoms with Gasteiger partial charge in [0.1, 0.15) is 12.2 Å². The van der Waals surface area contributed by atoms with Crippen molar-refractivity contribution < 1.29 is 23.4 Å². The van der Waals surface area contributed by atoms with Crippen LogP contribution in [0.3, 0.4) is 0 Å². The summed E-state index contributed by atoms with van der Waals surface area (Å²) in [4.78, 5) is 0. The molecule has 0 radical (unpaired) electrons. The van der Waals surface area contributed by atoms with Crippen LogP contribution in [0.1, 0.15) is 38.9 Å². The fourth-order valence-corrected chi connectivity index (χ4v) is 3.29. The topological polar surface area (TPSA) is 38.7 Å². The van der Waals surface area contributed by atoms with E-state index in [4.69, 9.17) is 9.47 Å². The average molecular weight is 350 g/mol. The van der Waals surface area contributed by atoms with Crippen molar-refractivity contribution in [2.45, 2.75) is 63.6 Å². The number of hydrogen-bond donors (Lipinski definition) is 1. The number of aliphatic hydroxyl groups is 1. The quantitative estimate of drug-likeness (QED) is 0.887. The smallest absolute Gasteiger partial charge is 0.267 e. The van der Waals surface area contributed by atoms with Crippen LogP contribution in [0.4, 0.5) is 8.78 Å². The number of benzene rings is 2. The highest BCUT2D eigenvalue weighted by molar-refractivity contribution is 5.83. The molecule has 2 aromatic rings. The van der Waals surface area contributed by atoms with Crippen LogP contribution < -0.4 is 0 Å². The lowest BCUT2D eigenvalue weighted by atomic mass is 9.92. The number of ether oxygens (including phenoxy) is 2. The summed E-state index contributed by atoms with van der Waals surface area (Å²) in [6.45, 7) is 5.53. The van der Waals surface area contributed by atoms with Crippen LogP contribution in [0.5, 0.6) is 0 Å². The molecule has 136 valence electrons. The zero-order chi connectivity index (χ0) is 18.2. The minimum atomic E-state index is -2.77. The Morgan fingerprint density at radius 3 is 2.44 bits per heavy atom. The van der Waals surface area contributed by atoms with Crippen molar-refractivity contribution in [3.8, 4) is 0 Å². The van der Waals surface area contributed by atoms with Crippen molar-refractivity contribution in [3.63, 3.8) is 0 Å². The first-order chi connectivity index (χ1) is 11.7. The van der Waals surface area contributed by atoms with Gasteiger partial charge in [0.2, 0.25) is 0 Å². The summed E-state index contributed by atoms with van der Waals surface area (Å²) in [7, 11) is 0. The van der Waals surface area contributed by atoms with Crippen molar-refractivity contribution >= 4 is 10.8 Å². The van der Waals surface area contributed by atoms with E-state index in [2.05, 4.69) is 0 Å². The number of rotatable bonds is 3. The molecule has 3 rings (SSSR count). The maximum atomic E-state index is 13.4. The number of fused-ring (bicyclic) bond motifs is 1. The molecule has 1 aliphatic heterocycles. The Bertz CT molecular complexity index is 726. The fraction of sp³-hybridized carbons (Fsp3) is 0.500. The minimum Gasteiger partial charge on any atom is -0.387 e. The lowest BCUT2D eigenvalue weighted by Crippen LogP contribution is -2.51. The molecule has 0 aliphatic carbocycles. The molecule has 0 spiro atoms. The first kappa shape index (κ1) is 18.2. The van der Waals surface area contributed by atoms with Gasteiger partial charge in [0.15, 0.2) is 0 Å². The van der Waals surface area contributed by atoms with E-state index in [9.17, 15) is 13.9 Å². The SMILES string of the molecule is CC(C)(C)O[C@H]1C[C@@H](c2ccc3ccccc3c2)O[C@@H](C(F)F)[C@@H]1O. The van der Waals surface area contributed by atoms with E-state index >= 15 is 0 Å². The average Bonchev–Trinajstić information content (AvgIpc) is 2.54. The van der Waals surface area contributed by atoms with Crippen LogP contribution >= 0.6 is 0 Å². The van der Waals surface area contributed by atoms with Gasteiger partial charge >= 0.3 is 0 Å². The Kier molecular flexibility index (Phi) is 5.09. The van der Waals surface area contributed by atoms with Crippen molar-refractivity contribution in [2.75, 3.05) is 0 Å². The van der Waals surface area contributed by atoms with Gasteiger partial charge in [-0.2, -0.15) is 0 Å². The summed E-state index contributed by atoms with van der Waals surface area (Å²) in [5, 5.41) is 12.4. The van der Waals surface area contributed by atoms with Gasteiger partial charge in [-0.15, -0.1) is 0 Å². The monoisotopic (exact) mass is 350 g/mol. The summed E-state index contributed by atoms with van der Waals surface area (Å²) in [6.07, 6.45) is -6.60. The van der Waals surface area contributed by atoms with Crippen LogP contribution in [0.15, 0.2) is 42.5 Å². The molecule has 2 aromatic carbocycles. The number of halogens is 2. The summed E-state index contributed by atoms with van der Waals surface area (Å²) in [5.41, 5.74) is 0.280. The summed E-state index contributed by atoms with van der Waals surface area (Å²) in [6, 6.07) is 13.7. The van der Waals surface area contributed by atoms with Crippen LogP contribution in [0.25, 0.3) is 10.8 Å². The van der Waals surface area contributed by atoms with Gasteiger partial charge in [0, 0.05) is 6.42 Å². The summed E-state index contributed by atoms with van der Waals surface area (Å²) in [5.74, 6) is 0. The molecule has 0 bridgehead atoms. The van der Waals surface area contributed by atoms with Gasteiger partial charge in [0.25, 0.3) is 6.43 Å². The Morgan fingerprint density at radius 2 is 1.80 bits per heavy atom. The Hall–Kier alpha value is -1.56. The number of aliphatic hydroxyl groups excluding tert-OH is 1. The maximum absolute atomic E-state index is 13.4.